The van der Waals surface area contributed by atoms with Crippen LogP contribution >= 0.6 is 15.9 Å². The zero-order valence-corrected chi connectivity index (χ0v) is 19.8. The lowest BCUT2D eigenvalue weighted by Crippen LogP contribution is -2.25. The molecule has 0 bridgehead atoms. The summed E-state index contributed by atoms with van der Waals surface area (Å²) in [6, 6.07) is 14.1. The second-order valence-corrected chi connectivity index (χ2v) is 8.67. The number of anilines is 1. The molecule has 178 valence electrons. The number of amides is 1. The van der Waals surface area contributed by atoms with Crippen molar-refractivity contribution >= 4 is 44.3 Å². The van der Waals surface area contributed by atoms with E-state index in [2.05, 4.69) is 26.2 Å². The van der Waals surface area contributed by atoms with Crippen LogP contribution in [0.3, 0.4) is 0 Å². The third-order valence-corrected chi connectivity index (χ3v) is 5.76. The van der Waals surface area contributed by atoms with Gasteiger partial charge in [0.2, 0.25) is 11.3 Å². The lowest BCUT2D eigenvalue weighted by Gasteiger charge is -2.16. The number of aryl methyl sites for hydroxylation is 1. The Morgan fingerprint density at radius 2 is 1.71 bits per heavy atom. The van der Waals surface area contributed by atoms with E-state index in [4.69, 9.17) is 0 Å². The Labute approximate surface area is 205 Å². The number of para-hydroxylation sites is 1. The Balaban J connectivity index is 1.76. The van der Waals surface area contributed by atoms with Gasteiger partial charge in [0.05, 0.1) is 22.2 Å². The second-order valence-electron chi connectivity index (χ2n) is 7.75. The van der Waals surface area contributed by atoms with Gasteiger partial charge in [-0.15, -0.1) is 0 Å². The van der Waals surface area contributed by atoms with Crippen molar-refractivity contribution in [2.24, 2.45) is 0 Å². The van der Waals surface area contributed by atoms with E-state index in [0.29, 0.717) is 5.69 Å². The van der Waals surface area contributed by atoms with Crippen molar-refractivity contribution in [3.8, 4) is 0 Å². The largest absolute Gasteiger partial charge is 0.418 e. The fourth-order valence-corrected chi connectivity index (χ4v) is 3.85. The summed E-state index contributed by atoms with van der Waals surface area (Å²) < 4.78 is 42.0. The van der Waals surface area contributed by atoms with Crippen LogP contribution in [0.4, 0.5) is 18.9 Å². The van der Waals surface area contributed by atoms with Crippen molar-refractivity contribution in [1.82, 2.24) is 9.55 Å². The van der Waals surface area contributed by atoms with Crippen LogP contribution in [0.5, 0.6) is 0 Å². The molecule has 0 aliphatic carbocycles. The van der Waals surface area contributed by atoms with E-state index in [0.717, 1.165) is 16.6 Å². The van der Waals surface area contributed by atoms with Gasteiger partial charge in [0.15, 0.2) is 5.78 Å². The maximum Gasteiger partial charge on any atom is 0.418 e. The second kappa shape index (κ2) is 9.46. The highest BCUT2D eigenvalue weighted by molar-refractivity contribution is 9.10. The minimum atomic E-state index is -4.66. The van der Waals surface area contributed by atoms with Crippen LogP contribution in [0.1, 0.15) is 27.2 Å². The molecule has 0 saturated heterocycles. The average molecular weight is 544 g/mol. The summed E-state index contributed by atoms with van der Waals surface area (Å²) in [6.45, 7) is 1.22. The number of pyridine rings is 2. The number of alkyl halides is 3. The van der Waals surface area contributed by atoms with E-state index in [9.17, 15) is 27.6 Å². The van der Waals surface area contributed by atoms with Crippen molar-refractivity contribution < 1.29 is 22.8 Å². The van der Waals surface area contributed by atoms with Crippen LogP contribution in [0.15, 0.2) is 76.1 Å². The van der Waals surface area contributed by atoms with Crippen LogP contribution in [-0.4, -0.2) is 21.2 Å². The normalized spacial score (nSPS) is 11.5. The molecular weight excluding hydrogens is 527 g/mol. The Morgan fingerprint density at radius 1 is 1.03 bits per heavy atom. The summed E-state index contributed by atoms with van der Waals surface area (Å²) in [7, 11) is 0. The number of fused-ring (bicyclic) bond motifs is 1. The molecule has 0 spiro atoms. The number of carbonyl (C=O) groups is 2. The minimum Gasteiger partial charge on any atom is -0.324 e. The molecule has 2 aromatic carbocycles. The fourth-order valence-electron chi connectivity index (χ4n) is 3.58. The van der Waals surface area contributed by atoms with Crippen molar-refractivity contribution in [1.29, 1.82) is 0 Å². The van der Waals surface area contributed by atoms with Gasteiger partial charge in [-0.05, 0) is 55.5 Å². The number of hydrogen-bond acceptors (Lipinski definition) is 4. The molecule has 1 amide bonds. The van der Waals surface area contributed by atoms with Gasteiger partial charge in [0, 0.05) is 21.9 Å². The molecule has 0 atom stereocenters. The van der Waals surface area contributed by atoms with Gasteiger partial charge < -0.3 is 9.88 Å². The quantitative estimate of drug-likeness (QED) is 0.344. The van der Waals surface area contributed by atoms with Gasteiger partial charge in [0.25, 0.3) is 0 Å². The molecule has 0 aliphatic rings. The van der Waals surface area contributed by atoms with Crippen LogP contribution in [0, 0.1) is 6.92 Å². The summed E-state index contributed by atoms with van der Waals surface area (Å²) >= 11 is 3.29. The zero-order valence-electron chi connectivity index (χ0n) is 18.2. The van der Waals surface area contributed by atoms with Gasteiger partial charge in [-0.25, -0.2) is 4.98 Å². The number of ketones is 1. The first-order valence-corrected chi connectivity index (χ1v) is 11.1. The molecule has 10 heteroatoms. The van der Waals surface area contributed by atoms with Gasteiger partial charge >= 0.3 is 6.18 Å². The number of carbonyl (C=O) groups excluding carboxylic acids is 2. The summed E-state index contributed by atoms with van der Waals surface area (Å²) in [6.07, 6.45) is -3.44. The Bertz CT molecular complexity index is 1510. The predicted molar refractivity (Wildman–Crippen MR) is 128 cm³/mol. The fraction of sp³-hybridized carbons (Fsp3) is 0.120. The topological polar surface area (TPSA) is 81.1 Å². The molecule has 1 N–H and O–H groups in total. The van der Waals surface area contributed by atoms with Crippen molar-refractivity contribution in [3.05, 3.63) is 104 Å². The van der Waals surface area contributed by atoms with Crippen molar-refractivity contribution in [3.63, 3.8) is 0 Å². The molecule has 4 rings (SSSR count). The molecule has 0 aliphatic heterocycles. The third kappa shape index (κ3) is 5.17. The van der Waals surface area contributed by atoms with Crippen molar-refractivity contribution in [2.75, 3.05) is 5.32 Å². The Hall–Kier alpha value is -3.79. The first kappa shape index (κ1) is 24.3. The molecule has 35 heavy (non-hydrogen) atoms. The highest BCUT2D eigenvalue weighted by Crippen LogP contribution is 2.34. The first-order valence-electron chi connectivity index (χ1n) is 10.3. The highest BCUT2D eigenvalue weighted by atomic mass is 79.9. The average Bonchev–Trinajstić information content (AvgIpc) is 2.80. The number of nitrogens with zero attached hydrogens (tertiary/aromatic N) is 2. The van der Waals surface area contributed by atoms with Crippen molar-refractivity contribution in [2.45, 2.75) is 19.6 Å². The summed E-state index contributed by atoms with van der Waals surface area (Å²) in [5.74, 6) is -1.33. The van der Waals surface area contributed by atoms with E-state index in [1.165, 1.54) is 29.0 Å². The number of nitrogens with one attached hydrogen (secondary N) is 1. The van der Waals surface area contributed by atoms with E-state index >= 15 is 0 Å². The summed E-state index contributed by atoms with van der Waals surface area (Å²) in [5, 5.41) is 2.38. The van der Waals surface area contributed by atoms with E-state index in [-0.39, 0.29) is 22.2 Å². The smallest absolute Gasteiger partial charge is 0.324 e. The molecule has 6 nitrogen and oxygen atoms in total. The number of halogens is 4. The molecule has 0 radical (unpaired) electrons. The maximum absolute atomic E-state index is 13.3. The monoisotopic (exact) mass is 543 g/mol. The van der Waals surface area contributed by atoms with Gasteiger partial charge in [-0.3, -0.25) is 14.4 Å². The van der Waals surface area contributed by atoms with E-state index < -0.39 is 41.1 Å². The Kier molecular flexibility index (Phi) is 6.58. The molecule has 2 heterocycles. The minimum absolute atomic E-state index is 0.113. The molecule has 0 saturated carbocycles. The van der Waals surface area contributed by atoms with Crippen LogP contribution in [-0.2, 0) is 17.5 Å². The summed E-state index contributed by atoms with van der Waals surface area (Å²) in [4.78, 5) is 43.3. The van der Waals surface area contributed by atoms with Crippen LogP contribution in [0.25, 0.3) is 11.0 Å². The number of benzene rings is 2. The number of rotatable bonds is 5. The SMILES string of the molecule is Cc1ccc2c(=O)c(C(=O)c3ccc(Br)cc3)cn(CC(=O)Nc3ccccc3C(F)(F)F)c2n1. The molecule has 0 fully saturated rings. The number of hydrogen-bond donors (Lipinski definition) is 1. The maximum atomic E-state index is 13.3. The standard InChI is InChI=1S/C25H17BrF3N3O3/c1-14-6-11-17-23(35)18(22(34)15-7-9-16(26)10-8-15)12-32(24(17)30-14)13-21(33)31-20-5-3-2-4-19(20)25(27,28)29/h2-12H,13H2,1H3,(H,31,33). The van der Waals surface area contributed by atoms with Crippen LogP contribution < -0.4 is 10.7 Å². The predicted octanol–water partition coefficient (Wildman–Crippen LogP) is 5.36. The van der Waals surface area contributed by atoms with E-state index in [1.807, 2.05) is 0 Å². The Morgan fingerprint density at radius 3 is 2.40 bits per heavy atom. The first-order chi connectivity index (χ1) is 16.5. The van der Waals surface area contributed by atoms with E-state index in [1.54, 1.807) is 37.3 Å². The number of aromatic nitrogens is 2. The zero-order chi connectivity index (χ0) is 25.3. The third-order valence-electron chi connectivity index (χ3n) is 5.23. The summed E-state index contributed by atoms with van der Waals surface area (Å²) in [5.41, 5.74) is -1.17. The molecular formula is C25H17BrF3N3O3. The molecule has 4 aromatic rings. The van der Waals surface area contributed by atoms with Gasteiger partial charge in [-0.1, -0.05) is 28.1 Å². The lowest BCUT2D eigenvalue weighted by atomic mass is 10.0. The van der Waals surface area contributed by atoms with Gasteiger partial charge in [-0.2, -0.15) is 13.2 Å². The van der Waals surface area contributed by atoms with Crippen LogP contribution in [0.2, 0.25) is 0 Å². The highest BCUT2D eigenvalue weighted by Gasteiger charge is 2.33. The molecule has 0 unspecified atom stereocenters. The lowest BCUT2D eigenvalue weighted by molar-refractivity contribution is -0.137. The van der Waals surface area contributed by atoms with Gasteiger partial charge in [0.1, 0.15) is 12.2 Å². The molecule has 2 aromatic heterocycles.